The number of amides is 2. The molecule has 5 heteroatoms. The van der Waals surface area contributed by atoms with E-state index in [-0.39, 0.29) is 17.7 Å². The molecule has 2 aliphatic rings. The van der Waals surface area contributed by atoms with Crippen molar-refractivity contribution in [1.29, 1.82) is 0 Å². The van der Waals surface area contributed by atoms with Crippen molar-refractivity contribution in [3.8, 4) is 5.75 Å². The molecule has 1 saturated carbocycles. The lowest BCUT2D eigenvalue weighted by atomic mass is 9.87. The molecule has 0 radical (unpaired) electrons. The number of likely N-dealkylation sites (tertiary alicyclic amines) is 1. The monoisotopic (exact) mass is 372 g/mol. The van der Waals surface area contributed by atoms with Gasteiger partial charge in [0.05, 0.1) is 7.11 Å². The van der Waals surface area contributed by atoms with Crippen molar-refractivity contribution in [3.63, 3.8) is 0 Å². The van der Waals surface area contributed by atoms with E-state index in [9.17, 15) is 9.59 Å². The van der Waals surface area contributed by atoms with E-state index in [0.29, 0.717) is 12.5 Å². The Balaban J connectivity index is 1.38. The van der Waals surface area contributed by atoms with E-state index in [1.54, 1.807) is 7.11 Å². The normalized spacial score (nSPS) is 18.9. The summed E-state index contributed by atoms with van der Waals surface area (Å²) >= 11 is 0. The zero-order valence-corrected chi connectivity index (χ0v) is 16.4. The number of piperidine rings is 1. The Morgan fingerprint density at radius 1 is 1.07 bits per heavy atom. The van der Waals surface area contributed by atoms with E-state index in [1.165, 1.54) is 19.3 Å². The molecule has 2 fully saturated rings. The average molecular weight is 373 g/mol. The number of nitrogens with one attached hydrogen (secondary N) is 1. The molecule has 1 aromatic carbocycles. The largest absolute Gasteiger partial charge is 0.497 e. The summed E-state index contributed by atoms with van der Waals surface area (Å²) in [6.07, 6.45) is 8.08. The Morgan fingerprint density at radius 3 is 2.52 bits per heavy atom. The number of carbonyl (C=O) groups excluding carboxylic acids is 2. The second kappa shape index (κ2) is 9.77. The number of methoxy groups -OCH3 is 1. The van der Waals surface area contributed by atoms with E-state index in [0.717, 1.165) is 56.5 Å². The van der Waals surface area contributed by atoms with Gasteiger partial charge in [-0.15, -0.1) is 0 Å². The summed E-state index contributed by atoms with van der Waals surface area (Å²) in [5.41, 5.74) is 1.16. The highest BCUT2D eigenvalue weighted by atomic mass is 16.5. The van der Waals surface area contributed by atoms with Crippen molar-refractivity contribution < 1.29 is 14.3 Å². The lowest BCUT2D eigenvalue weighted by molar-refractivity contribution is -0.140. The predicted octanol–water partition coefficient (Wildman–Crippen LogP) is 3.17. The molecule has 1 heterocycles. The van der Waals surface area contributed by atoms with Gasteiger partial charge in [-0.25, -0.2) is 0 Å². The molecule has 0 unspecified atom stereocenters. The SMILES string of the molecule is COc1cccc(CCNC(=O)C2CCN(C(=O)C3CCCCC3)CC2)c1. The fraction of sp³-hybridized carbons (Fsp3) is 0.636. The summed E-state index contributed by atoms with van der Waals surface area (Å²) in [6.45, 7) is 2.08. The molecule has 148 valence electrons. The summed E-state index contributed by atoms with van der Waals surface area (Å²) in [7, 11) is 1.66. The van der Waals surface area contributed by atoms with E-state index >= 15 is 0 Å². The molecule has 1 aromatic rings. The van der Waals surface area contributed by atoms with Gasteiger partial charge in [0, 0.05) is 31.5 Å². The summed E-state index contributed by atoms with van der Waals surface area (Å²) < 4.78 is 5.23. The maximum absolute atomic E-state index is 12.6. The van der Waals surface area contributed by atoms with E-state index in [1.807, 2.05) is 29.2 Å². The standard InChI is InChI=1S/C22H32N2O3/c1-27-20-9-5-6-17(16-20)10-13-23-21(25)18-11-14-24(15-12-18)22(26)19-7-3-2-4-8-19/h5-6,9,16,18-19H,2-4,7-8,10-15H2,1H3,(H,23,25). The molecule has 3 rings (SSSR count). The van der Waals surface area contributed by atoms with Crippen LogP contribution in [0.2, 0.25) is 0 Å². The number of ether oxygens (including phenoxy) is 1. The second-order valence-corrected chi connectivity index (χ2v) is 7.83. The number of nitrogens with zero attached hydrogens (tertiary/aromatic N) is 1. The van der Waals surface area contributed by atoms with Gasteiger partial charge in [0.2, 0.25) is 11.8 Å². The Labute approximate surface area is 162 Å². The van der Waals surface area contributed by atoms with E-state index < -0.39 is 0 Å². The van der Waals surface area contributed by atoms with Crippen molar-refractivity contribution >= 4 is 11.8 Å². The molecule has 1 saturated heterocycles. The summed E-state index contributed by atoms with van der Waals surface area (Å²) in [5.74, 6) is 1.56. The first-order chi connectivity index (χ1) is 13.2. The van der Waals surface area contributed by atoms with Crippen molar-refractivity contribution in [1.82, 2.24) is 10.2 Å². The molecular weight excluding hydrogens is 340 g/mol. The van der Waals surface area contributed by atoms with Gasteiger partial charge in [0.25, 0.3) is 0 Å². The first kappa shape index (κ1) is 19.7. The van der Waals surface area contributed by atoms with Gasteiger partial charge in [0.1, 0.15) is 5.75 Å². The minimum absolute atomic E-state index is 0.0331. The maximum Gasteiger partial charge on any atom is 0.225 e. The highest BCUT2D eigenvalue weighted by Crippen LogP contribution is 2.27. The van der Waals surface area contributed by atoms with Crippen LogP contribution in [0.4, 0.5) is 0 Å². The summed E-state index contributed by atoms with van der Waals surface area (Å²) in [5, 5.41) is 3.06. The number of hydrogen-bond acceptors (Lipinski definition) is 3. The van der Waals surface area contributed by atoms with Crippen LogP contribution in [0.25, 0.3) is 0 Å². The third-order valence-corrected chi connectivity index (χ3v) is 5.98. The van der Waals surface area contributed by atoms with Crippen LogP contribution in [0.3, 0.4) is 0 Å². The molecule has 27 heavy (non-hydrogen) atoms. The number of hydrogen-bond donors (Lipinski definition) is 1. The predicted molar refractivity (Wildman–Crippen MR) is 106 cm³/mol. The smallest absolute Gasteiger partial charge is 0.225 e. The van der Waals surface area contributed by atoms with Gasteiger partial charge in [-0.1, -0.05) is 31.4 Å². The van der Waals surface area contributed by atoms with Crippen LogP contribution in [0, 0.1) is 11.8 Å². The van der Waals surface area contributed by atoms with Crippen molar-refractivity contribution in [2.45, 2.75) is 51.4 Å². The average Bonchev–Trinajstić information content (AvgIpc) is 2.74. The molecule has 0 aromatic heterocycles. The van der Waals surface area contributed by atoms with Crippen LogP contribution in [0.15, 0.2) is 24.3 Å². The van der Waals surface area contributed by atoms with Crippen molar-refractivity contribution in [3.05, 3.63) is 29.8 Å². The molecule has 5 nitrogen and oxygen atoms in total. The second-order valence-electron chi connectivity index (χ2n) is 7.83. The maximum atomic E-state index is 12.6. The van der Waals surface area contributed by atoms with Crippen LogP contribution in [0.1, 0.15) is 50.5 Å². The van der Waals surface area contributed by atoms with Crippen LogP contribution < -0.4 is 10.1 Å². The molecular formula is C22H32N2O3. The van der Waals surface area contributed by atoms with Crippen molar-refractivity contribution in [2.24, 2.45) is 11.8 Å². The third-order valence-electron chi connectivity index (χ3n) is 5.98. The molecule has 0 bridgehead atoms. The fourth-order valence-corrected chi connectivity index (χ4v) is 4.27. The molecule has 2 amide bonds. The Bertz CT molecular complexity index is 632. The Hall–Kier alpha value is -2.04. The summed E-state index contributed by atoms with van der Waals surface area (Å²) in [4.78, 5) is 27.1. The molecule has 1 aliphatic heterocycles. The lowest BCUT2D eigenvalue weighted by Crippen LogP contribution is -2.45. The van der Waals surface area contributed by atoms with E-state index in [4.69, 9.17) is 4.74 Å². The Morgan fingerprint density at radius 2 is 1.81 bits per heavy atom. The topological polar surface area (TPSA) is 58.6 Å². The van der Waals surface area contributed by atoms with Crippen molar-refractivity contribution in [2.75, 3.05) is 26.7 Å². The van der Waals surface area contributed by atoms with Crippen LogP contribution >= 0.6 is 0 Å². The fourth-order valence-electron chi connectivity index (χ4n) is 4.27. The van der Waals surface area contributed by atoms with Crippen LogP contribution in [-0.2, 0) is 16.0 Å². The lowest BCUT2D eigenvalue weighted by Gasteiger charge is -2.34. The summed E-state index contributed by atoms with van der Waals surface area (Å²) in [6, 6.07) is 7.94. The van der Waals surface area contributed by atoms with Gasteiger partial charge in [-0.2, -0.15) is 0 Å². The van der Waals surface area contributed by atoms with Gasteiger partial charge >= 0.3 is 0 Å². The van der Waals surface area contributed by atoms with Crippen LogP contribution in [0.5, 0.6) is 5.75 Å². The highest BCUT2D eigenvalue weighted by molar-refractivity contribution is 5.81. The number of rotatable bonds is 6. The quantitative estimate of drug-likeness (QED) is 0.834. The number of carbonyl (C=O) groups is 2. The molecule has 0 atom stereocenters. The Kier molecular flexibility index (Phi) is 7.13. The van der Waals surface area contributed by atoms with E-state index in [2.05, 4.69) is 5.32 Å². The number of benzene rings is 1. The zero-order valence-electron chi connectivity index (χ0n) is 16.4. The van der Waals surface area contributed by atoms with Gasteiger partial charge in [-0.3, -0.25) is 9.59 Å². The molecule has 1 aliphatic carbocycles. The van der Waals surface area contributed by atoms with Crippen LogP contribution in [-0.4, -0.2) is 43.5 Å². The van der Waals surface area contributed by atoms with Gasteiger partial charge in [-0.05, 0) is 49.8 Å². The molecule has 0 spiro atoms. The first-order valence-corrected chi connectivity index (χ1v) is 10.4. The minimum atomic E-state index is 0.0331. The highest BCUT2D eigenvalue weighted by Gasteiger charge is 2.31. The van der Waals surface area contributed by atoms with Gasteiger partial charge in [0.15, 0.2) is 0 Å². The van der Waals surface area contributed by atoms with Gasteiger partial charge < -0.3 is 15.0 Å². The zero-order chi connectivity index (χ0) is 19.1. The minimum Gasteiger partial charge on any atom is -0.497 e. The third kappa shape index (κ3) is 5.47. The molecule has 1 N–H and O–H groups in total. The first-order valence-electron chi connectivity index (χ1n) is 10.4.